The number of sulfonamides is 1. The fourth-order valence-electron chi connectivity index (χ4n) is 3.04. The molecule has 0 saturated heterocycles. The maximum atomic E-state index is 12.7. The maximum absolute atomic E-state index is 12.7. The predicted molar refractivity (Wildman–Crippen MR) is 87.4 cm³/mol. The van der Waals surface area contributed by atoms with Crippen molar-refractivity contribution in [3.63, 3.8) is 0 Å². The Hall–Kier alpha value is -2.00. The van der Waals surface area contributed by atoms with Crippen molar-refractivity contribution in [3.8, 4) is 11.4 Å². The van der Waals surface area contributed by atoms with Gasteiger partial charge in [-0.1, -0.05) is 19.8 Å². The molecule has 1 aliphatic carbocycles. The first-order chi connectivity index (χ1) is 11.5. The second kappa shape index (κ2) is 6.86. The lowest BCUT2D eigenvalue weighted by Crippen LogP contribution is -2.40. The minimum atomic E-state index is -3.60. The molecule has 1 saturated carbocycles. The highest BCUT2D eigenvalue weighted by Gasteiger charge is 2.27. The number of methoxy groups -OCH3 is 1. The van der Waals surface area contributed by atoms with Gasteiger partial charge in [0.05, 0.1) is 12.0 Å². The lowest BCUT2D eigenvalue weighted by atomic mass is 9.87. The average molecular weight is 351 g/mol. The van der Waals surface area contributed by atoms with Crippen LogP contribution in [0.25, 0.3) is 5.69 Å². The van der Waals surface area contributed by atoms with Crippen LogP contribution in [0.1, 0.15) is 32.6 Å². The normalized spacial score (nSPS) is 21.6. The van der Waals surface area contributed by atoms with E-state index in [1.165, 1.54) is 30.3 Å². The van der Waals surface area contributed by atoms with Gasteiger partial charge < -0.3 is 4.74 Å². The van der Waals surface area contributed by atoms with Gasteiger partial charge in [0, 0.05) is 12.1 Å². The quantitative estimate of drug-likeness (QED) is 0.877. The summed E-state index contributed by atoms with van der Waals surface area (Å²) in [7, 11) is -2.12. The molecule has 0 unspecified atom stereocenters. The minimum Gasteiger partial charge on any atom is -0.494 e. The van der Waals surface area contributed by atoms with Crippen molar-refractivity contribution < 1.29 is 13.2 Å². The van der Waals surface area contributed by atoms with Gasteiger partial charge in [-0.3, -0.25) is 0 Å². The Bertz CT molecular complexity index is 791. The molecular weight excluding hydrogens is 330 g/mol. The van der Waals surface area contributed by atoms with Gasteiger partial charge in [0.15, 0.2) is 0 Å². The number of nitrogens with zero attached hydrogens (tertiary/aromatic N) is 4. The van der Waals surface area contributed by atoms with Crippen LogP contribution < -0.4 is 9.46 Å². The number of benzene rings is 1. The van der Waals surface area contributed by atoms with Crippen LogP contribution >= 0.6 is 0 Å². The summed E-state index contributed by atoms with van der Waals surface area (Å²) in [5.41, 5.74) is 0.576. The molecule has 2 aromatic rings. The van der Waals surface area contributed by atoms with E-state index < -0.39 is 10.0 Å². The summed E-state index contributed by atoms with van der Waals surface area (Å²) in [4.78, 5) is 0.175. The number of tetrazole rings is 1. The molecular formula is C15H21N5O3S. The SMILES string of the molecule is COc1cc(S(=O)(=O)N[C@@H]2CCCC[C@@H]2C)ccc1-n1cnnn1. The topological polar surface area (TPSA) is 99.0 Å². The van der Waals surface area contributed by atoms with Crippen LogP contribution in [0.4, 0.5) is 0 Å². The maximum Gasteiger partial charge on any atom is 0.240 e. The summed E-state index contributed by atoms with van der Waals surface area (Å²) in [6, 6.07) is 4.64. The molecule has 1 N–H and O–H groups in total. The third-order valence-corrected chi connectivity index (χ3v) is 5.96. The van der Waals surface area contributed by atoms with E-state index in [2.05, 4.69) is 27.2 Å². The first kappa shape index (κ1) is 16.8. The molecule has 0 radical (unpaired) electrons. The Kier molecular flexibility index (Phi) is 4.81. The van der Waals surface area contributed by atoms with E-state index in [0.717, 1.165) is 25.7 Å². The number of nitrogens with one attached hydrogen (secondary N) is 1. The van der Waals surface area contributed by atoms with Crippen molar-refractivity contribution in [2.75, 3.05) is 7.11 Å². The molecule has 1 aromatic heterocycles. The summed E-state index contributed by atoms with van der Waals surface area (Å²) >= 11 is 0. The van der Waals surface area contributed by atoms with Crippen molar-refractivity contribution in [1.82, 2.24) is 24.9 Å². The molecule has 3 rings (SSSR count). The zero-order chi connectivity index (χ0) is 17.2. The molecule has 1 heterocycles. The van der Waals surface area contributed by atoms with Gasteiger partial charge in [0.2, 0.25) is 10.0 Å². The van der Waals surface area contributed by atoms with Gasteiger partial charge in [-0.15, -0.1) is 5.10 Å². The van der Waals surface area contributed by atoms with Gasteiger partial charge in [-0.05, 0) is 41.3 Å². The van der Waals surface area contributed by atoms with Crippen LogP contribution in [0, 0.1) is 5.92 Å². The van der Waals surface area contributed by atoms with Crippen LogP contribution in [0.2, 0.25) is 0 Å². The van der Waals surface area contributed by atoms with E-state index >= 15 is 0 Å². The van der Waals surface area contributed by atoms with E-state index in [4.69, 9.17) is 4.74 Å². The number of ether oxygens (including phenoxy) is 1. The molecule has 2 atom stereocenters. The summed E-state index contributed by atoms with van der Waals surface area (Å²) < 4.78 is 35.0. The van der Waals surface area contributed by atoms with Crippen LogP contribution in [-0.2, 0) is 10.0 Å². The van der Waals surface area contributed by atoms with Gasteiger partial charge in [-0.2, -0.15) is 4.68 Å². The summed E-state index contributed by atoms with van der Waals surface area (Å²) in [5.74, 6) is 0.734. The molecule has 0 aliphatic heterocycles. The van der Waals surface area contributed by atoms with E-state index in [-0.39, 0.29) is 10.9 Å². The fraction of sp³-hybridized carbons (Fsp3) is 0.533. The summed E-state index contributed by atoms with van der Waals surface area (Å²) in [6.07, 6.45) is 5.57. The van der Waals surface area contributed by atoms with Crippen molar-refractivity contribution in [2.24, 2.45) is 5.92 Å². The molecule has 24 heavy (non-hydrogen) atoms. The highest BCUT2D eigenvalue weighted by atomic mass is 32.2. The third kappa shape index (κ3) is 3.41. The van der Waals surface area contributed by atoms with Crippen LogP contribution in [0.5, 0.6) is 5.75 Å². The summed E-state index contributed by atoms with van der Waals surface area (Å²) in [6.45, 7) is 2.09. The number of rotatable bonds is 5. The first-order valence-electron chi connectivity index (χ1n) is 7.95. The van der Waals surface area contributed by atoms with E-state index in [1.807, 2.05) is 0 Å². The Morgan fingerprint density at radius 2 is 2.08 bits per heavy atom. The van der Waals surface area contributed by atoms with Crippen LogP contribution in [0.15, 0.2) is 29.4 Å². The van der Waals surface area contributed by atoms with Gasteiger partial charge in [0.25, 0.3) is 0 Å². The van der Waals surface area contributed by atoms with E-state index in [0.29, 0.717) is 17.4 Å². The molecule has 8 nitrogen and oxygen atoms in total. The van der Waals surface area contributed by atoms with Crippen molar-refractivity contribution in [1.29, 1.82) is 0 Å². The summed E-state index contributed by atoms with van der Waals surface area (Å²) in [5, 5.41) is 11.0. The van der Waals surface area contributed by atoms with Crippen molar-refractivity contribution in [2.45, 2.75) is 43.5 Å². The van der Waals surface area contributed by atoms with E-state index in [1.54, 1.807) is 6.07 Å². The van der Waals surface area contributed by atoms with Gasteiger partial charge in [0.1, 0.15) is 17.8 Å². The molecule has 1 fully saturated rings. The average Bonchev–Trinajstić information content (AvgIpc) is 3.10. The standard InChI is InChI=1S/C15H21N5O3S/c1-11-5-3-4-6-13(11)17-24(21,22)12-7-8-14(15(9-12)23-2)20-10-16-18-19-20/h7-11,13,17H,3-6H2,1-2H3/t11-,13+/m0/s1. The largest absolute Gasteiger partial charge is 0.494 e. The Labute approximate surface area is 141 Å². The molecule has 1 aromatic carbocycles. The fourth-order valence-corrected chi connectivity index (χ4v) is 4.44. The van der Waals surface area contributed by atoms with E-state index in [9.17, 15) is 8.42 Å². The smallest absolute Gasteiger partial charge is 0.240 e. The highest BCUT2D eigenvalue weighted by molar-refractivity contribution is 7.89. The third-order valence-electron chi connectivity index (χ3n) is 4.48. The van der Waals surface area contributed by atoms with Crippen LogP contribution in [0.3, 0.4) is 0 Å². The number of aromatic nitrogens is 4. The second-order valence-corrected chi connectivity index (χ2v) is 7.79. The zero-order valence-electron chi connectivity index (χ0n) is 13.7. The van der Waals surface area contributed by atoms with Crippen molar-refractivity contribution in [3.05, 3.63) is 24.5 Å². The van der Waals surface area contributed by atoms with Crippen LogP contribution in [-0.4, -0.2) is 41.8 Å². The van der Waals surface area contributed by atoms with Gasteiger partial charge >= 0.3 is 0 Å². The molecule has 1 aliphatic rings. The molecule has 0 bridgehead atoms. The molecule has 9 heteroatoms. The molecule has 0 spiro atoms. The minimum absolute atomic E-state index is 0.0195. The first-order valence-corrected chi connectivity index (χ1v) is 9.43. The number of hydrogen-bond acceptors (Lipinski definition) is 6. The molecule has 0 amide bonds. The Morgan fingerprint density at radius 3 is 2.75 bits per heavy atom. The Morgan fingerprint density at radius 1 is 1.29 bits per heavy atom. The monoisotopic (exact) mass is 351 g/mol. The number of hydrogen-bond donors (Lipinski definition) is 1. The van der Waals surface area contributed by atoms with Crippen molar-refractivity contribution >= 4 is 10.0 Å². The molecule has 130 valence electrons. The second-order valence-electron chi connectivity index (χ2n) is 6.08. The zero-order valence-corrected chi connectivity index (χ0v) is 14.5. The lowest BCUT2D eigenvalue weighted by Gasteiger charge is -2.29. The predicted octanol–water partition coefficient (Wildman–Crippen LogP) is 1.53. The van der Waals surface area contributed by atoms with Gasteiger partial charge in [-0.25, -0.2) is 13.1 Å². The highest BCUT2D eigenvalue weighted by Crippen LogP contribution is 2.28. The Balaban J connectivity index is 1.88. The lowest BCUT2D eigenvalue weighted by molar-refractivity contribution is 0.310.